The molecule has 2 amide bonds. The Morgan fingerprint density at radius 3 is 2.25 bits per heavy atom. The molecule has 160 valence electrons. The Morgan fingerprint density at radius 1 is 0.938 bits per heavy atom. The number of aromatic nitrogens is 1. The lowest BCUT2D eigenvalue weighted by molar-refractivity contribution is 0.0735. The lowest BCUT2D eigenvalue weighted by Crippen LogP contribution is -2.35. The predicted molar refractivity (Wildman–Crippen MR) is 123 cm³/mol. The van der Waals surface area contributed by atoms with E-state index in [-0.39, 0.29) is 5.91 Å². The maximum Gasteiger partial charge on any atom is 0.254 e. The van der Waals surface area contributed by atoms with Crippen LogP contribution in [0.1, 0.15) is 32.0 Å². The van der Waals surface area contributed by atoms with Crippen LogP contribution in [0.3, 0.4) is 0 Å². The molecule has 0 radical (unpaired) electrons. The zero-order valence-corrected chi connectivity index (χ0v) is 17.9. The van der Waals surface area contributed by atoms with Gasteiger partial charge < -0.3 is 20.4 Å². The van der Waals surface area contributed by atoms with Gasteiger partial charge in [-0.1, -0.05) is 11.6 Å². The van der Waals surface area contributed by atoms with E-state index in [0.29, 0.717) is 40.7 Å². The first-order valence-corrected chi connectivity index (χ1v) is 10.6. The molecule has 0 bridgehead atoms. The summed E-state index contributed by atoms with van der Waals surface area (Å²) in [6.07, 6.45) is 0.774. The number of nitrogens with one attached hydrogen (secondary N) is 1. The van der Waals surface area contributed by atoms with Crippen molar-refractivity contribution in [2.45, 2.75) is 13.0 Å². The fourth-order valence-corrected chi connectivity index (χ4v) is 4.20. The van der Waals surface area contributed by atoms with Crippen molar-refractivity contribution in [3.8, 4) is 11.5 Å². The van der Waals surface area contributed by atoms with Gasteiger partial charge in [-0.2, -0.15) is 0 Å². The molecule has 0 saturated carbocycles. The van der Waals surface area contributed by atoms with Crippen LogP contribution in [0, 0.1) is 0 Å². The van der Waals surface area contributed by atoms with Crippen LogP contribution in [-0.2, 0) is 13.0 Å². The highest BCUT2D eigenvalue weighted by Crippen LogP contribution is 2.30. The van der Waals surface area contributed by atoms with E-state index in [0.717, 1.165) is 28.6 Å². The zero-order chi connectivity index (χ0) is 22.2. The fraction of sp³-hybridized carbons (Fsp3) is 0.120. The molecule has 0 aliphatic carbocycles. The number of ether oxygens (including phenoxy) is 1. The van der Waals surface area contributed by atoms with Crippen LogP contribution in [0.25, 0.3) is 10.9 Å². The molecule has 3 aromatic carbocycles. The van der Waals surface area contributed by atoms with Crippen LogP contribution in [0.5, 0.6) is 11.5 Å². The topological polar surface area (TPSA) is 88.4 Å². The summed E-state index contributed by atoms with van der Waals surface area (Å²) in [7, 11) is 0. The van der Waals surface area contributed by atoms with Gasteiger partial charge in [0, 0.05) is 57.8 Å². The molecule has 6 nitrogen and oxygen atoms in total. The quantitative estimate of drug-likeness (QED) is 0.467. The molecule has 2 heterocycles. The normalized spacial score (nSPS) is 13.1. The summed E-state index contributed by atoms with van der Waals surface area (Å²) in [6, 6.07) is 19.4. The number of carbonyl (C=O) groups is 2. The van der Waals surface area contributed by atoms with Crippen molar-refractivity contribution in [1.82, 2.24) is 9.88 Å². The summed E-state index contributed by atoms with van der Waals surface area (Å²) in [5, 5.41) is 1.75. The van der Waals surface area contributed by atoms with Gasteiger partial charge in [0.15, 0.2) is 0 Å². The summed E-state index contributed by atoms with van der Waals surface area (Å²) >= 11 is 6.18. The maximum absolute atomic E-state index is 13.1. The second-order valence-electron chi connectivity index (χ2n) is 7.76. The Hall–Kier alpha value is -3.77. The van der Waals surface area contributed by atoms with Gasteiger partial charge in [-0.05, 0) is 66.7 Å². The number of halogens is 1. The van der Waals surface area contributed by atoms with Gasteiger partial charge in [-0.3, -0.25) is 9.59 Å². The molecule has 1 aliphatic rings. The Morgan fingerprint density at radius 2 is 1.59 bits per heavy atom. The number of primary amides is 1. The average molecular weight is 446 g/mol. The molecule has 0 unspecified atom stereocenters. The summed E-state index contributed by atoms with van der Waals surface area (Å²) in [5.74, 6) is 0.667. The van der Waals surface area contributed by atoms with E-state index in [2.05, 4.69) is 4.98 Å². The standard InChI is InChI=1S/C25H20ClN3O3/c26-17-5-10-22-20(13-17)21-14-29(12-11-23(21)28-22)25(31)16-3-8-19(9-4-16)32-18-6-1-15(2-7-18)24(27)30/h1-10,13,28H,11-12,14H2,(H2,27,30). The third-order valence-electron chi connectivity index (χ3n) is 5.70. The van der Waals surface area contributed by atoms with Crippen molar-refractivity contribution in [2.75, 3.05) is 6.54 Å². The number of carbonyl (C=O) groups excluding carboxylic acids is 2. The van der Waals surface area contributed by atoms with Crippen LogP contribution in [0.2, 0.25) is 5.02 Å². The summed E-state index contributed by atoms with van der Waals surface area (Å²) in [4.78, 5) is 29.6. The molecule has 3 N–H and O–H groups in total. The molecule has 0 fully saturated rings. The maximum atomic E-state index is 13.1. The first-order valence-electron chi connectivity index (χ1n) is 10.2. The molecule has 4 aromatic rings. The van der Waals surface area contributed by atoms with Gasteiger partial charge in [0.25, 0.3) is 5.91 Å². The minimum absolute atomic E-state index is 0.0237. The van der Waals surface area contributed by atoms with Crippen LogP contribution in [0.4, 0.5) is 0 Å². The number of H-pyrrole nitrogens is 1. The molecular formula is C25H20ClN3O3. The number of benzene rings is 3. The Bertz CT molecular complexity index is 1330. The van der Waals surface area contributed by atoms with Crippen LogP contribution in [0.15, 0.2) is 66.7 Å². The summed E-state index contributed by atoms with van der Waals surface area (Å²) < 4.78 is 5.80. The van der Waals surface area contributed by atoms with Crippen molar-refractivity contribution in [3.63, 3.8) is 0 Å². The monoisotopic (exact) mass is 445 g/mol. The Balaban J connectivity index is 1.30. The minimum Gasteiger partial charge on any atom is -0.457 e. The predicted octanol–water partition coefficient (Wildman–Crippen LogP) is 4.91. The molecule has 1 aliphatic heterocycles. The highest BCUT2D eigenvalue weighted by Gasteiger charge is 2.25. The Labute approximate surface area is 189 Å². The SMILES string of the molecule is NC(=O)c1ccc(Oc2ccc(C(=O)N3CCc4[nH]c5ccc(Cl)cc5c4C3)cc2)cc1. The van der Waals surface area contributed by atoms with Gasteiger partial charge in [0.05, 0.1) is 0 Å². The average Bonchev–Trinajstić information content (AvgIpc) is 3.16. The van der Waals surface area contributed by atoms with Gasteiger partial charge in [0.1, 0.15) is 11.5 Å². The van der Waals surface area contributed by atoms with E-state index in [1.54, 1.807) is 48.5 Å². The number of hydrogen-bond donors (Lipinski definition) is 2. The smallest absolute Gasteiger partial charge is 0.254 e. The third kappa shape index (κ3) is 3.81. The molecular weight excluding hydrogens is 426 g/mol. The highest BCUT2D eigenvalue weighted by atomic mass is 35.5. The van der Waals surface area contributed by atoms with Gasteiger partial charge in [-0.25, -0.2) is 0 Å². The number of hydrogen-bond acceptors (Lipinski definition) is 3. The lowest BCUT2D eigenvalue weighted by atomic mass is 10.0. The number of aromatic amines is 1. The molecule has 0 atom stereocenters. The number of amides is 2. The first-order chi connectivity index (χ1) is 15.5. The van der Waals surface area contributed by atoms with Crippen molar-refractivity contribution in [2.24, 2.45) is 5.73 Å². The molecule has 1 aromatic heterocycles. The molecule has 7 heteroatoms. The summed E-state index contributed by atoms with van der Waals surface area (Å²) in [6.45, 7) is 1.19. The largest absolute Gasteiger partial charge is 0.457 e. The number of nitrogens with zero attached hydrogens (tertiary/aromatic N) is 1. The second-order valence-corrected chi connectivity index (χ2v) is 8.20. The van der Waals surface area contributed by atoms with E-state index in [4.69, 9.17) is 22.1 Å². The third-order valence-corrected chi connectivity index (χ3v) is 5.94. The zero-order valence-electron chi connectivity index (χ0n) is 17.1. The van der Waals surface area contributed by atoms with Crippen molar-refractivity contribution in [3.05, 3.63) is 94.1 Å². The number of nitrogens with two attached hydrogens (primary N) is 1. The fourth-order valence-electron chi connectivity index (χ4n) is 4.03. The molecule has 32 heavy (non-hydrogen) atoms. The van der Waals surface area contributed by atoms with E-state index in [9.17, 15) is 9.59 Å². The first kappa shape index (κ1) is 20.2. The van der Waals surface area contributed by atoms with Crippen molar-refractivity contribution in [1.29, 1.82) is 0 Å². The second kappa shape index (κ2) is 8.05. The van der Waals surface area contributed by atoms with Gasteiger partial charge in [-0.15, -0.1) is 0 Å². The molecule has 5 rings (SSSR count). The van der Waals surface area contributed by atoms with E-state index < -0.39 is 5.91 Å². The van der Waals surface area contributed by atoms with Crippen LogP contribution in [-0.4, -0.2) is 28.2 Å². The van der Waals surface area contributed by atoms with E-state index >= 15 is 0 Å². The van der Waals surface area contributed by atoms with Crippen molar-refractivity contribution >= 4 is 34.3 Å². The van der Waals surface area contributed by atoms with Crippen molar-refractivity contribution < 1.29 is 14.3 Å². The van der Waals surface area contributed by atoms with Gasteiger partial charge >= 0.3 is 0 Å². The van der Waals surface area contributed by atoms with Crippen LogP contribution < -0.4 is 10.5 Å². The lowest BCUT2D eigenvalue weighted by Gasteiger charge is -2.27. The minimum atomic E-state index is -0.486. The van der Waals surface area contributed by atoms with E-state index in [1.807, 2.05) is 23.1 Å². The Kier molecular flexibility index (Phi) is 5.07. The summed E-state index contributed by atoms with van der Waals surface area (Å²) in [5.41, 5.74) is 9.60. The molecule has 0 saturated heterocycles. The van der Waals surface area contributed by atoms with E-state index in [1.165, 1.54) is 0 Å². The number of fused-ring (bicyclic) bond motifs is 3. The number of rotatable bonds is 4. The highest BCUT2D eigenvalue weighted by molar-refractivity contribution is 6.31. The van der Waals surface area contributed by atoms with Crippen LogP contribution >= 0.6 is 11.6 Å². The van der Waals surface area contributed by atoms with Gasteiger partial charge in [0.2, 0.25) is 5.91 Å². The molecule has 0 spiro atoms.